The van der Waals surface area contributed by atoms with E-state index in [0.29, 0.717) is 5.39 Å². The first kappa shape index (κ1) is 18.8. The monoisotopic (exact) mass is 443 g/mol. The number of aromatic nitrogens is 2. The Morgan fingerprint density at radius 1 is 1.17 bits per heavy atom. The summed E-state index contributed by atoms with van der Waals surface area (Å²) in [6.07, 6.45) is 0. The Balaban J connectivity index is 1.31. The number of halogens is 1. The van der Waals surface area contributed by atoms with E-state index in [2.05, 4.69) is 16.0 Å². The molecule has 4 aromatic rings. The number of benzene rings is 1. The van der Waals surface area contributed by atoms with Crippen molar-refractivity contribution in [3.63, 3.8) is 0 Å². The summed E-state index contributed by atoms with van der Waals surface area (Å²) < 4.78 is 0. The molecule has 0 amide bonds. The standard InChI is InChI=1S/C21H19ClN4OS2/c22-14-3-1-4-15(11-14)26-8-6-25(7-9-26)12-18-23-20(27)19-16(13-29-21(19)24-18)17-5-2-10-28-17/h1-5,10-11,13H,6-9,12H2,(H,23,24,27)/p+1. The number of rotatable bonds is 4. The second-order valence-electron chi connectivity index (χ2n) is 7.21. The third kappa shape index (κ3) is 3.83. The molecule has 5 rings (SSSR count). The van der Waals surface area contributed by atoms with Crippen molar-refractivity contribution in [3.8, 4) is 10.4 Å². The summed E-state index contributed by atoms with van der Waals surface area (Å²) in [4.78, 5) is 26.3. The lowest BCUT2D eigenvalue weighted by Crippen LogP contribution is -3.13. The highest BCUT2D eigenvalue weighted by molar-refractivity contribution is 7.18. The second-order valence-corrected chi connectivity index (χ2v) is 9.46. The van der Waals surface area contributed by atoms with E-state index in [4.69, 9.17) is 16.6 Å². The molecule has 0 radical (unpaired) electrons. The molecular formula is C21H20ClN4OS2+. The van der Waals surface area contributed by atoms with E-state index in [-0.39, 0.29) is 5.56 Å². The van der Waals surface area contributed by atoms with E-state index >= 15 is 0 Å². The summed E-state index contributed by atoms with van der Waals surface area (Å²) in [6, 6.07) is 12.1. The van der Waals surface area contributed by atoms with Gasteiger partial charge < -0.3 is 14.8 Å². The van der Waals surface area contributed by atoms with E-state index in [0.717, 1.165) is 58.8 Å². The van der Waals surface area contributed by atoms with Crippen LogP contribution in [0.15, 0.2) is 52.0 Å². The Bertz CT molecular complexity index is 1190. The largest absolute Gasteiger partial charge is 0.360 e. The first-order valence-corrected chi connectivity index (χ1v) is 11.7. The summed E-state index contributed by atoms with van der Waals surface area (Å²) in [5.41, 5.74) is 2.12. The number of fused-ring (bicyclic) bond motifs is 1. The number of H-pyrrole nitrogens is 1. The summed E-state index contributed by atoms with van der Waals surface area (Å²) in [5.74, 6) is 0.772. The van der Waals surface area contributed by atoms with E-state index in [9.17, 15) is 4.79 Å². The molecule has 1 fully saturated rings. The Morgan fingerprint density at radius 2 is 2.03 bits per heavy atom. The van der Waals surface area contributed by atoms with Gasteiger partial charge in [0.05, 0.1) is 31.6 Å². The Labute approximate surface area is 181 Å². The quantitative estimate of drug-likeness (QED) is 0.509. The molecule has 29 heavy (non-hydrogen) atoms. The van der Waals surface area contributed by atoms with Gasteiger partial charge in [-0.25, -0.2) is 4.98 Å². The molecule has 2 N–H and O–H groups in total. The molecule has 5 nitrogen and oxygen atoms in total. The molecule has 1 aliphatic heterocycles. The normalized spacial score (nSPS) is 15.3. The van der Waals surface area contributed by atoms with E-state index in [1.54, 1.807) is 22.7 Å². The highest BCUT2D eigenvalue weighted by Gasteiger charge is 2.22. The van der Waals surface area contributed by atoms with Crippen molar-refractivity contribution in [3.05, 3.63) is 68.4 Å². The molecule has 8 heteroatoms. The minimum Gasteiger partial charge on any atom is -0.360 e. The molecule has 0 spiro atoms. The van der Waals surface area contributed by atoms with Crippen LogP contribution in [0.2, 0.25) is 5.02 Å². The molecule has 148 valence electrons. The van der Waals surface area contributed by atoms with Gasteiger partial charge >= 0.3 is 0 Å². The van der Waals surface area contributed by atoms with Gasteiger partial charge in [0.2, 0.25) is 0 Å². The molecule has 4 heterocycles. The molecule has 0 unspecified atom stereocenters. The fraction of sp³-hybridized carbons (Fsp3) is 0.238. The Kier molecular flexibility index (Phi) is 5.13. The van der Waals surface area contributed by atoms with Crippen molar-refractivity contribution in [1.82, 2.24) is 9.97 Å². The summed E-state index contributed by atoms with van der Waals surface area (Å²) in [7, 11) is 0. The second kappa shape index (κ2) is 7.91. The minimum absolute atomic E-state index is 0.0355. The fourth-order valence-corrected chi connectivity index (χ4v) is 5.82. The molecule has 0 atom stereocenters. The van der Waals surface area contributed by atoms with Crippen LogP contribution < -0.4 is 15.4 Å². The molecule has 0 bridgehead atoms. The summed E-state index contributed by atoms with van der Waals surface area (Å²) >= 11 is 9.32. The van der Waals surface area contributed by atoms with E-state index < -0.39 is 0 Å². The predicted molar refractivity (Wildman–Crippen MR) is 122 cm³/mol. The molecular weight excluding hydrogens is 424 g/mol. The van der Waals surface area contributed by atoms with Gasteiger partial charge in [-0.15, -0.1) is 22.7 Å². The predicted octanol–water partition coefficient (Wildman–Crippen LogP) is 3.27. The maximum atomic E-state index is 12.8. The number of quaternary nitrogens is 1. The zero-order valence-electron chi connectivity index (χ0n) is 15.7. The SMILES string of the molecule is O=c1[nH]c(C[NH+]2CCN(c3cccc(Cl)c3)CC2)nc2scc(-c3cccs3)c12. The molecule has 1 saturated heterocycles. The third-order valence-electron chi connectivity index (χ3n) is 5.34. The number of aromatic amines is 1. The van der Waals surface area contributed by atoms with Crippen molar-refractivity contribution >= 4 is 50.2 Å². The maximum Gasteiger partial charge on any atom is 0.260 e. The van der Waals surface area contributed by atoms with Gasteiger partial charge in [0, 0.05) is 26.5 Å². The van der Waals surface area contributed by atoms with Gasteiger partial charge in [0.1, 0.15) is 11.4 Å². The van der Waals surface area contributed by atoms with Crippen molar-refractivity contribution in [2.45, 2.75) is 6.54 Å². The van der Waals surface area contributed by atoms with Crippen LogP contribution in [-0.2, 0) is 6.54 Å². The third-order valence-corrected chi connectivity index (χ3v) is 7.35. The van der Waals surface area contributed by atoms with E-state index in [1.165, 1.54) is 10.6 Å². The topological polar surface area (TPSA) is 53.4 Å². The van der Waals surface area contributed by atoms with Crippen molar-refractivity contribution < 1.29 is 4.90 Å². The van der Waals surface area contributed by atoms with Gasteiger partial charge in [0.25, 0.3) is 5.56 Å². The molecule has 0 aliphatic carbocycles. The number of nitrogens with one attached hydrogen (secondary N) is 2. The number of thiophene rings is 2. The minimum atomic E-state index is -0.0355. The van der Waals surface area contributed by atoms with Crippen molar-refractivity contribution in [2.75, 3.05) is 31.1 Å². The van der Waals surface area contributed by atoms with Crippen LogP contribution >= 0.6 is 34.3 Å². The van der Waals surface area contributed by atoms with Crippen LogP contribution in [-0.4, -0.2) is 36.1 Å². The first-order chi connectivity index (χ1) is 14.2. The smallest absolute Gasteiger partial charge is 0.260 e. The number of nitrogens with zero attached hydrogens (tertiary/aromatic N) is 2. The average Bonchev–Trinajstić information content (AvgIpc) is 3.38. The lowest BCUT2D eigenvalue weighted by Gasteiger charge is -2.33. The Morgan fingerprint density at radius 3 is 2.79 bits per heavy atom. The van der Waals surface area contributed by atoms with Crippen LogP contribution in [0.1, 0.15) is 5.82 Å². The average molecular weight is 444 g/mol. The Hall–Kier alpha value is -2.19. The zero-order valence-corrected chi connectivity index (χ0v) is 18.0. The van der Waals surface area contributed by atoms with Crippen molar-refractivity contribution in [1.29, 1.82) is 0 Å². The maximum absolute atomic E-state index is 12.8. The van der Waals surface area contributed by atoms with Crippen LogP contribution in [0, 0.1) is 0 Å². The first-order valence-electron chi connectivity index (χ1n) is 9.56. The van der Waals surface area contributed by atoms with Crippen molar-refractivity contribution in [2.24, 2.45) is 0 Å². The van der Waals surface area contributed by atoms with Gasteiger partial charge in [-0.1, -0.05) is 23.7 Å². The molecule has 1 aliphatic rings. The number of piperazine rings is 1. The van der Waals surface area contributed by atoms with Gasteiger partial charge in [-0.2, -0.15) is 0 Å². The van der Waals surface area contributed by atoms with Crippen LogP contribution in [0.5, 0.6) is 0 Å². The summed E-state index contributed by atoms with van der Waals surface area (Å²) in [5, 5.41) is 5.55. The van der Waals surface area contributed by atoms with Crippen LogP contribution in [0.25, 0.3) is 20.7 Å². The van der Waals surface area contributed by atoms with Gasteiger partial charge in [-0.05, 0) is 29.6 Å². The van der Waals surface area contributed by atoms with E-state index in [1.807, 2.05) is 41.1 Å². The number of anilines is 1. The van der Waals surface area contributed by atoms with Crippen LogP contribution in [0.3, 0.4) is 0 Å². The van der Waals surface area contributed by atoms with Gasteiger partial charge in [-0.3, -0.25) is 4.79 Å². The lowest BCUT2D eigenvalue weighted by atomic mass is 10.2. The molecule has 1 aromatic carbocycles. The lowest BCUT2D eigenvalue weighted by molar-refractivity contribution is -0.915. The zero-order chi connectivity index (χ0) is 19.8. The highest BCUT2D eigenvalue weighted by atomic mass is 35.5. The molecule has 0 saturated carbocycles. The number of hydrogen-bond acceptors (Lipinski definition) is 5. The van der Waals surface area contributed by atoms with Gasteiger partial charge in [0.15, 0.2) is 5.82 Å². The summed E-state index contributed by atoms with van der Waals surface area (Å²) in [6.45, 7) is 4.66. The number of hydrogen-bond donors (Lipinski definition) is 2. The fourth-order valence-electron chi connectivity index (χ4n) is 3.86. The highest BCUT2D eigenvalue weighted by Crippen LogP contribution is 2.33. The van der Waals surface area contributed by atoms with Crippen LogP contribution in [0.4, 0.5) is 5.69 Å². The molecule has 3 aromatic heterocycles.